The molecule has 0 aromatic carbocycles. The topological polar surface area (TPSA) is 71.2 Å². The number of rotatable bonds is 3. The van der Waals surface area contributed by atoms with E-state index in [1.165, 1.54) is 32.4 Å². The number of primary amides is 1. The van der Waals surface area contributed by atoms with Gasteiger partial charge in [0, 0.05) is 19.3 Å². The molecule has 1 aromatic rings. The molecular weight excluding hydrogens is 252 g/mol. The number of nitrogens with one attached hydrogen (secondary N) is 1. The van der Waals surface area contributed by atoms with Crippen LogP contribution in [0, 0.1) is 11.8 Å². The highest BCUT2D eigenvalue weighted by molar-refractivity contribution is 5.92. The molecule has 0 bridgehead atoms. The number of nitrogens with two attached hydrogens (primary N) is 1. The van der Waals surface area contributed by atoms with E-state index in [0.717, 1.165) is 30.7 Å². The van der Waals surface area contributed by atoms with Gasteiger partial charge in [0.1, 0.15) is 5.82 Å². The van der Waals surface area contributed by atoms with Crippen LogP contribution in [0.5, 0.6) is 0 Å². The van der Waals surface area contributed by atoms with Gasteiger partial charge in [-0.3, -0.25) is 4.79 Å². The molecule has 0 spiro atoms. The second-order valence-electron chi connectivity index (χ2n) is 5.85. The van der Waals surface area contributed by atoms with Crippen LogP contribution in [-0.2, 0) is 0 Å². The number of hydrogen-bond donors (Lipinski definition) is 2. The molecule has 5 heteroatoms. The zero-order chi connectivity index (χ0) is 13.9. The van der Waals surface area contributed by atoms with Gasteiger partial charge in [-0.25, -0.2) is 4.98 Å². The molecule has 3 N–H and O–H groups in total. The van der Waals surface area contributed by atoms with Crippen molar-refractivity contribution < 1.29 is 4.79 Å². The number of nitrogens with zero attached hydrogens (tertiary/aromatic N) is 2. The number of carbonyl (C=O) groups excluding carboxylic acids is 1. The van der Waals surface area contributed by atoms with Crippen molar-refractivity contribution in [2.45, 2.75) is 19.3 Å². The lowest BCUT2D eigenvalue weighted by molar-refractivity contribution is 0.1000. The Morgan fingerprint density at radius 2 is 2.05 bits per heavy atom. The van der Waals surface area contributed by atoms with Crippen molar-refractivity contribution in [1.29, 1.82) is 0 Å². The number of amides is 1. The molecule has 2 saturated heterocycles. The van der Waals surface area contributed by atoms with Crippen molar-refractivity contribution in [3.8, 4) is 0 Å². The summed E-state index contributed by atoms with van der Waals surface area (Å²) in [6.07, 6.45) is 5.39. The van der Waals surface area contributed by atoms with Gasteiger partial charge in [0.05, 0.1) is 5.56 Å². The average molecular weight is 274 g/mol. The van der Waals surface area contributed by atoms with Crippen molar-refractivity contribution in [3.63, 3.8) is 0 Å². The van der Waals surface area contributed by atoms with Gasteiger partial charge in [0.25, 0.3) is 0 Å². The lowest BCUT2D eigenvalue weighted by Gasteiger charge is -2.35. The van der Waals surface area contributed by atoms with Gasteiger partial charge in [0.2, 0.25) is 5.91 Å². The SMILES string of the molecule is NC(=O)c1ccc(N2CCC([C@H]3CCNC3)CC2)nc1. The highest BCUT2D eigenvalue weighted by atomic mass is 16.1. The van der Waals surface area contributed by atoms with Gasteiger partial charge in [-0.05, 0) is 56.3 Å². The molecule has 0 unspecified atom stereocenters. The third-order valence-corrected chi connectivity index (χ3v) is 4.66. The Balaban J connectivity index is 1.58. The summed E-state index contributed by atoms with van der Waals surface area (Å²) in [5.41, 5.74) is 5.70. The largest absolute Gasteiger partial charge is 0.366 e. The van der Waals surface area contributed by atoms with E-state index in [0.29, 0.717) is 5.56 Å². The van der Waals surface area contributed by atoms with Crippen LogP contribution in [0.2, 0.25) is 0 Å². The van der Waals surface area contributed by atoms with Gasteiger partial charge in [-0.15, -0.1) is 0 Å². The van der Waals surface area contributed by atoms with Gasteiger partial charge in [-0.1, -0.05) is 0 Å². The Morgan fingerprint density at radius 1 is 1.25 bits per heavy atom. The van der Waals surface area contributed by atoms with Gasteiger partial charge >= 0.3 is 0 Å². The second kappa shape index (κ2) is 5.79. The highest BCUT2D eigenvalue weighted by Crippen LogP contribution is 2.30. The Hall–Kier alpha value is -1.62. The number of aromatic nitrogens is 1. The molecule has 0 saturated carbocycles. The molecule has 3 heterocycles. The monoisotopic (exact) mass is 274 g/mol. The van der Waals surface area contributed by atoms with Crippen molar-refractivity contribution >= 4 is 11.7 Å². The lowest BCUT2D eigenvalue weighted by atomic mass is 9.84. The van der Waals surface area contributed by atoms with E-state index >= 15 is 0 Å². The van der Waals surface area contributed by atoms with E-state index in [1.54, 1.807) is 12.3 Å². The van der Waals surface area contributed by atoms with Crippen LogP contribution in [0.3, 0.4) is 0 Å². The third-order valence-electron chi connectivity index (χ3n) is 4.66. The molecule has 5 nitrogen and oxygen atoms in total. The number of anilines is 1. The van der Waals surface area contributed by atoms with Crippen molar-refractivity contribution in [1.82, 2.24) is 10.3 Å². The number of carbonyl (C=O) groups is 1. The first-order valence-electron chi connectivity index (χ1n) is 7.45. The summed E-state index contributed by atoms with van der Waals surface area (Å²) in [6, 6.07) is 3.66. The Bertz CT molecular complexity index is 459. The first kappa shape index (κ1) is 13.4. The van der Waals surface area contributed by atoms with Crippen molar-refractivity contribution in [3.05, 3.63) is 23.9 Å². The summed E-state index contributed by atoms with van der Waals surface area (Å²) in [7, 11) is 0. The Labute approximate surface area is 119 Å². The standard InChI is InChI=1S/C15H22N4O/c16-15(20)13-1-2-14(18-10-13)19-7-4-11(5-8-19)12-3-6-17-9-12/h1-2,10-12,17H,3-9H2,(H2,16,20)/t12-/m0/s1. The van der Waals surface area contributed by atoms with Gasteiger partial charge in [-0.2, -0.15) is 0 Å². The molecule has 2 aliphatic heterocycles. The maximum atomic E-state index is 11.0. The van der Waals surface area contributed by atoms with E-state index in [9.17, 15) is 4.79 Å². The van der Waals surface area contributed by atoms with Crippen LogP contribution in [0.15, 0.2) is 18.3 Å². The fourth-order valence-electron chi connectivity index (χ4n) is 3.40. The summed E-state index contributed by atoms with van der Waals surface area (Å²) < 4.78 is 0. The van der Waals surface area contributed by atoms with E-state index in [2.05, 4.69) is 15.2 Å². The van der Waals surface area contributed by atoms with E-state index in [-0.39, 0.29) is 0 Å². The van der Waals surface area contributed by atoms with E-state index in [4.69, 9.17) is 5.73 Å². The highest BCUT2D eigenvalue weighted by Gasteiger charge is 2.28. The molecule has 108 valence electrons. The summed E-state index contributed by atoms with van der Waals surface area (Å²) in [6.45, 7) is 4.49. The molecular formula is C15H22N4O. The van der Waals surface area contributed by atoms with E-state index < -0.39 is 5.91 Å². The van der Waals surface area contributed by atoms with Crippen LogP contribution >= 0.6 is 0 Å². The van der Waals surface area contributed by atoms with E-state index in [1.807, 2.05) is 6.07 Å². The zero-order valence-electron chi connectivity index (χ0n) is 11.7. The number of hydrogen-bond acceptors (Lipinski definition) is 4. The quantitative estimate of drug-likeness (QED) is 0.863. The predicted octanol–water partition coefficient (Wildman–Crippen LogP) is 1.01. The number of pyridine rings is 1. The fraction of sp³-hybridized carbons (Fsp3) is 0.600. The minimum Gasteiger partial charge on any atom is -0.366 e. The minimum absolute atomic E-state index is 0.420. The lowest BCUT2D eigenvalue weighted by Crippen LogP contribution is -2.37. The molecule has 3 rings (SSSR count). The summed E-state index contributed by atoms with van der Waals surface area (Å²) >= 11 is 0. The molecule has 0 radical (unpaired) electrons. The first-order valence-corrected chi connectivity index (χ1v) is 7.45. The van der Waals surface area contributed by atoms with Crippen molar-refractivity contribution in [2.24, 2.45) is 17.6 Å². The first-order chi connectivity index (χ1) is 9.74. The minimum atomic E-state index is -0.420. The van der Waals surface area contributed by atoms with Crippen LogP contribution in [-0.4, -0.2) is 37.1 Å². The molecule has 20 heavy (non-hydrogen) atoms. The summed E-state index contributed by atoms with van der Waals surface area (Å²) in [4.78, 5) is 17.7. The Kier molecular flexibility index (Phi) is 3.87. The fourth-order valence-corrected chi connectivity index (χ4v) is 3.40. The third kappa shape index (κ3) is 2.77. The van der Waals surface area contributed by atoms with Crippen LogP contribution in [0.1, 0.15) is 29.6 Å². The maximum Gasteiger partial charge on any atom is 0.250 e. The maximum absolute atomic E-state index is 11.0. The van der Waals surface area contributed by atoms with Gasteiger partial charge < -0.3 is 16.0 Å². The number of piperidine rings is 1. The molecule has 0 aliphatic carbocycles. The average Bonchev–Trinajstić information content (AvgIpc) is 3.02. The summed E-state index contributed by atoms with van der Waals surface area (Å²) in [5.74, 6) is 2.25. The molecule has 1 amide bonds. The smallest absolute Gasteiger partial charge is 0.250 e. The van der Waals surface area contributed by atoms with Crippen molar-refractivity contribution in [2.75, 3.05) is 31.1 Å². The molecule has 1 aromatic heterocycles. The second-order valence-corrected chi connectivity index (χ2v) is 5.85. The van der Waals surface area contributed by atoms with Crippen LogP contribution < -0.4 is 16.0 Å². The molecule has 2 fully saturated rings. The zero-order valence-corrected chi connectivity index (χ0v) is 11.7. The van der Waals surface area contributed by atoms with Crippen LogP contribution in [0.4, 0.5) is 5.82 Å². The van der Waals surface area contributed by atoms with Gasteiger partial charge in [0.15, 0.2) is 0 Å². The normalized spacial score (nSPS) is 24.0. The summed E-state index contributed by atoms with van der Waals surface area (Å²) in [5, 5.41) is 3.46. The Morgan fingerprint density at radius 3 is 2.60 bits per heavy atom. The molecule has 2 aliphatic rings. The predicted molar refractivity (Wildman–Crippen MR) is 78.7 cm³/mol. The van der Waals surface area contributed by atoms with Crippen LogP contribution in [0.25, 0.3) is 0 Å². The molecule has 1 atom stereocenters.